The fourth-order valence-electron chi connectivity index (χ4n) is 1.60. The molecule has 0 bridgehead atoms. The Morgan fingerprint density at radius 2 is 2.06 bits per heavy atom. The SMILES string of the molecule is COc1ccc(Cl)cc1C(=O)Cc1ccc(Cl)s1. The van der Waals surface area contributed by atoms with Crippen molar-refractivity contribution in [2.24, 2.45) is 0 Å². The normalized spacial score (nSPS) is 10.4. The minimum absolute atomic E-state index is 0.0344. The van der Waals surface area contributed by atoms with Gasteiger partial charge in [-0.25, -0.2) is 0 Å². The highest BCUT2D eigenvalue weighted by atomic mass is 35.5. The van der Waals surface area contributed by atoms with E-state index in [0.29, 0.717) is 27.1 Å². The zero-order chi connectivity index (χ0) is 13.1. The van der Waals surface area contributed by atoms with Crippen molar-refractivity contribution in [1.29, 1.82) is 0 Å². The molecule has 94 valence electrons. The Morgan fingerprint density at radius 1 is 1.28 bits per heavy atom. The molecule has 0 aliphatic carbocycles. The molecule has 0 radical (unpaired) electrons. The number of rotatable bonds is 4. The predicted molar refractivity (Wildman–Crippen MR) is 75.4 cm³/mol. The quantitative estimate of drug-likeness (QED) is 0.778. The van der Waals surface area contributed by atoms with Crippen LogP contribution in [0.1, 0.15) is 15.2 Å². The van der Waals surface area contributed by atoms with Crippen LogP contribution in [0.15, 0.2) is 30.3 Å². The van der Waals surface area contributed by atoms with Crippen molar-refractivity contribution in [2.75, 3.05) is 7.11 Å². The largest absolute Gasteiger partial charge is 0.496 e. The highest BCUT2D eigenvalue weighted by Crippen LogP contribution is 2.27. The van der Waals surface area contributed by atoms with Gasteiger partial charge in [0.15, 0.2) is 5.78 Å². The molecule has 0 amide bonds. The molecule has 1 aromatic carbocycles. The Labute approximate surface area is 119 Å². The molecule has 2 aromatic rings. The zero-order valence-electron chi connectivity index (χ0n) is 9.57. The molecule has 0 saturated heterocycles. The molecule has 2 rings (SSSR count). The Hall–Kier alpha value is -1.03. The van der Waals surface area contributed by atoms with Crippen LogP contribution in [0, 0.1) is 0 Å². The predicted octanol–water partition coefficient (Wildman–Crippen LogP) is 4.49. The summed E-state index contributed by atoms with van der Waals surface area (Å²) in [5.74, 6) is 0.500. The standard InChI is InChI=1S/C13H10Cl2O2S/c1-17-12-4-2-8(14)6-10(12)11(16)7-9-3-5-13(15)18-9/h2-6H,7H2,1H3. The lowest BCUT2D eigenvalue weighted by Gasteiger charge is -2.07. The maximum absolute atomic E-state index is 12.2. The van der Waals surface area contributed by atoms with E-state index < -0.39 is 0 Å². The van der Waals surface area contributed by atoms with Gasteiger partial charge in [-0.05, 0) is 30.3 Å². The second kappa shape index (κ2) is 5.74. The summed E-state index contributed by atoms with van der Waals surface area (Å²) in [6, 6.07) is 8.64. The van der Waals surface area contributed by atoms with Gasteiger partial charge < -0.3 is 4.74 Å². The third kappa shape index (κ3) is 3.05. The summed E-state index contributed by atoms with van der Waals surface area (Å²) in [4.78, 5) is 13.1. The van der Waals surface area contributed by atoms with Gasteiger partial charge >= 0.3 is 0 Å². The lowest BCUT2D eigenvalue weighted by atomic mass is 10.1. The molecule has 0 saturated carbocycles. The molecular weight excluding hydrogens is 291 g/mol. The average Bonchev–Trinajstić information content (AvgIpc) is 2.74. The fraction of sp³-hybridized carbons (Fsp3) is 0.154. The summed E-state index contributed by atoms with van der Waals surface area (Å²) in [6.45, 7) is 0. The van der Waals surface area contributed by atoms with E-state index in [1.165, 1.54) is 18.4 Å². The number of hydrogen-bond acceptors (Lipinski definition) is 3. The monoisotopic (exact) mass is 300 g/mol. The Morgan fingerprint density at radius 3 is 2.67 bits per heavy atom. The van der Waals surface area contributed by atoms with Crippen molar-refractivity contribution in [3.8, 4) is 5.75 Å². The number of carbonyl (C=O) groups excluding carboxylic acids is 1. The summed E-state index contributed by atoms with van der Waals surface area (Å²) >= 11 is 13.1. The first-order valence-corrected chi connectivity index (χ1v) is 6.78. The molecule has 1 aromatic heterocycles. The number of ketones is 1. The molecule has 0 aliphatic heterocycles. The minimum Gasteiger partial charge on any atom is -0.496 e. The number of hydrogen-bond donors (Lipinski definition) is 0. The van der Waals surface area contributed by atoms with E-state index in [9.17, 15) is 4.79 Å². The number of halogens is 2. The molecule has 0 atom stereocenters. The lowest BCUT2D eigenvalue weighted by molar-refractivity contribution is 0.0991. The minimum atomic E-state index is -0.0344. The van der Waals surface area contributed by atoms with Crippen molar-refractivity contribution in [1.82, 2.24) is 0 Å². The van der Waals surface area contributed by atoms with Crippen molar-refractivity contribution < 1.29 is 9.53 Å². The summed E-state index contributed by atoms with van der Waals surface area (Å²) in [6.07, 6.45) is 0.300. The summed E-state index contributed by atoms with van der Waals surface area (Å²) in [5, 5.41) is 0.517. The molecule has 0 unspecified atom stereocenters. The molecule has 0 N–H and O–H groups in total. The van der Waals surface area contributed by atoms with Gasteiger partial charge in [0, 0.05) is 16.3 Å². The van der Waals surface area contributed by atoms with Crippen LogP contribution in [0.3, 0.4) is 0 Å². The van der Waals surface area contributed by atoms with Crippen LogP contribution in [0.5, 0.6) is 5.75 Å². The third-order valence-electron chi connectivity index (χ3n) is 2.43. The first-order valence-electron chi connectivity index (χ1n) is 5.21. The van der Waals surface area contributed by atoms with Crippen LogP contribution in [-0.4, -0.2) is 12.9 Å². The summed E-state index contributed by atoms with van der Waals surface area (Å²) < 4.78 is 5.84. The van der Waals surface area contributed by atoms with E-state index >= 15 is 0 Å². The van der Waals surface area contributed by atoms with Crippen LogP contribution in [0.25, 0.3) is 0 Å². The van der Waals surface area contributed by atoms with Crippen LogP contribution in [0.2, 0.25) is 9.36 Å². The van der Waals surface area contributed by atoms with Gasteiger partial charge in [-0.3, -0.25) is 4.79 Å². The van der Waals surface area contributed by atoms with Crippen LogP contribution < -0.4 is 4.74 Å². The van der Waals surface area contributed by atoms with Crippen LogP contribution in [0.4, 0.5) is 0 Å². The maximum Gasteiger partial charge on any atom is 0.171 e. The highest BCUT2D eigenvalue weighted by molar-refractivity contribution is 7.16. The average molecular weight is 301 g/mol. The molecule has 0 spiro atoms. The smallest absolute Gasteiger partial charge is 0.171 e. The van der Waals surface area contributed by atoms with Crippen molar-refractivity contribution >= 4 is 40.3 Å². The van der Waals surface area contributed by atoms with E-state index in [4.69, 9.17) is 27.9 Å². The molecular formula is C13H10Cl2O2S. The van der Waals surface area contributed by atoms with Crippen molar-refractivity contribution in [2.45, 2.75) is 6.42 Å². The van der Waals surface area contributed by atoms with E-state index in [0.717, 1.165) is 4.88 Å². The van der Waals surface area contributed by atoms with E-state index in [1.54, 1.807) is 24.3 Å². The van der Waals surface area contributed by atoms with Gasteiger partial charge in [0.2, 0.25) is 0 Å². The number of thiophene rings is 1. The summed E-state index contributed by atoms with van der Waals surface area (Å²) in [5.41, 5.74) is 0.495. The molecule has 18 heavy (non-hydrogen) atoms. The first kappa shape index (κ1) is 13.4. The molecule has 5 heteroatoms. The Kier molecular flexibility index (Phi) is 4.27. The second-order valence-electron chi connectivity index (χ2n) is 3.65. The van der Waals surface area contributed by atoms with Gasteiger partial charge in [-0.1, -0.05) is 23.2 Å². The van der Waals surface area contributed by atoms with Gasteiger partial charge in [0.05, 0.1) is 17.0 Å². The Bertz CT molecular complexity index is 578. The Balaban J connectivity index is 2.25. The molecule has 0 aliphatic rings. The molecule has 0 fully saturated rings. The fourth-order valence-corrected chi connectivity index (χ4v) is 2.86. The maximum atomic E-state index is 12.2. The number of ether oxygens (including phenoxy) is 1. The van der Waals surface area contributed by atoms with E-state index in [2.05, 4.69) is 0 Å². The number of benzene rings is 1. The second-order valence-corrected chi connectivity index (χ2v) is 5.89. The number of carbonyl (C=O) groups is 1. The van der Waals surface area contributed by atoms with Gasteiger partial charge in [-0.2, -0.15) is 0 Å². The van der Waals surface area contributed by atoms with Gasteiger partial charge in [-0.15, -0.1) is 11.3 Å². The number of Topliss-reactive ketones (excluding diaryl/α,β-unsaturated/α-hetero) is 1. The van der Waals surface area contributed by atoms with Gasteiger partial charge in [0.25, 0.3) is 0 Å². The van der Waals surface area contributed by atoms with E-state index in [-0.39, 0.29) is 5.78 Å². The van der Waals surface area contributed by atoms with Crippen molar-refractivity contribution in [3.05, 3.63) is 50.1 Å². The topological polar surface area (TPSA) is 26.3 Å². The molecule has 1 heterocycles. The van der Waals surface area contributed by atoms with Crippen molar-refractivity contribution in [3.63, 3.8) is 0 Å². The zero-order valence-corrected chi connectivity index (χ0v) is 11.9. The first-order chi connectivity index (χ1) is 8.60. The third-order valence-corrected chi connectivity index (χ3v) is 3.89. The highest BCUT2D eigenvalue weighted by Gasteiger charge is 2.14. The molecule has 2 nitrogen and oxygen atoms in total. The van der Waals surface area contributed by atoms with Crippen LogP contribution in [-0.2, 0) is 6.42 Å². The van der Waals surface area contributed by atoms with Crippen LogP contribution >= 0.6 is 34.5 Å². The van der Waals surface area contributed by atoms with Gasteiger partial charge in [0.1, 0.15) is 5.75 Å². The number of methoxy groups -OCH3 is 1. The van der Waals surface area contributed by atoms with E-state index in [1.807, 2.05) is 6.07 Å². The summed E-state index contributed by atoms with van der Waals surface area (Å²) in [7, 11) is 1.53. The lowest BCUT2D eigenvalue weighted by Crippen LogP contribution is -2.04.